The summed E-state index contributed by atoms with van der Waals surface area (Å²) in [7, 11) is 0. The summed E-state index contributed by atoms with van der Waals surface area (Å²) in [5.41, 5.74) is 1.37. The van der Waals surface area contributed by atoms with E-state index >= 15 is 0 Å². The summed E-state index contributed by atoms with van der Waals surface area (Å²) < 4.78 is 39.2. The second-order valence-corrected chi connectivity index (χ2v) is 6.26. The first-order chi connectivity index (χ1) is 13.4. The normalized spacial score (nSPS) is 19.1. The largest absolute Gasteiger partial charge is 0.465 e. The Balaban J connectivity index is 1.68. The average molecular weight is 394 g/mol. The molecular weight excluding hydrogens is 377 g/mol. The van der Waals surface area contributed by atoms with E-state index in [-0.39, 0.29) is 25.1 Å². The van der Waals surface area contributed by atoms with Crippen molar-refractivity contribution in [1.82, 2.24) is 20.2 Å². The molecular formula is C18H17F3N4O3. The summed E-state index contributed by atoms with van der Waals surface area (Å²) in [6.07, 6.45) is -4.25. The van der Waals surface area contributed by atoms with Crippen LogP contribution in [0.4, 0.5) is 18.0 Å². The molecule has 3 rings (SSSR count). The van der Waals surface area contributed by atoms with Crippen LogP contribution in [0, 0.1) is 0 Å². The molecule has 0 unspecified atom stereocenters. The highest BCUT2D eigenvalue weighted by atomic mass is 19.3. The predicted molar refractivity (Wildman–Crippen MR) is 92.3 cm³/mol. The van der Waals surface area contributed by atoms with Gasteiger partial charge in [-0.05, 0) is 12.5 Å². The molecule has 0 radical (unpaired) electrons. The van der Waals surface area contributed by atoms with Crippen LogP contribution >= 0.6 is 0 Å². The zero-order valence-electron chi connectivity index (χ0n) is 14.6. The highest BCUT2D eigenvalue weighted by Crippen LogP contribution is 2.24. The molecule has 0 spiro atoms. The Morgan fingerprint density at radius 1 is 1.25 bits per heavy atom. The lowest BCUT2D eigenvalue weighted by atomic mass is 10.1. The number of aromatic nitrogens is 2. The Morgan fingerprint density at radius 3 is 2.61 bits per heavy atom. The number of likely N-dealkylation sites (tertiary alicyclic amines) is 1. The minimum absolute atomic E-state index is 0.0311. The Morgan fingerprint density at radius 2 is 1.96 bits per heavy atom. The Kier molecular flexibility index (Phi) is 5.76. The topological polar surface area (TPSA) is 95.4 Å². The van der Waals surface area contributed by atoms with E-state index in [1.807, 2.05) is 0 Å². The summed E-state index contributed by atoms with van der Waals surface area (Å²) in [6, 6.07) is 5.78. The van der Waals surface area contributed by atoms with Crippen LogP contribution in [0.15, 0.2) is 36.7 Å². The van der Waals surface area contributed by atoms with E-state index in [2.05, 4.69) is 15.3 Å². The molecule has 1 aromatic carbocycles. The Bertz CT molecular complexity index is 863. The second kappa shape index (κ2) is 8.24. The minimum atomic E-state index is -2.56. The van der Waals surface area contributed by atoms with Crippen molar-refractivity contribution >= 4 is 12.0 Å². The molecule has 1 saturated heterocycles. The van der Waals surface area contributed by atoms with Crippen LogP contribution in [0.2, 0.25) is 0 Å². The summed E-state index contributed by atoms with van der Waals surface area (Å²) in [6.45, 7) is -0.0962. The van der Waals surface area contributed by atoms with Crippen LogP contribution in [-0.2, 0) is 11.3 Å². The van der Waals surface area contributed by atoms with E-state index in [4.69, 9.17) is 5.11 Å². The number of amides is 2. The number of nitrogens with one attached hydrogen (secondary N) is 1. The van der Waals surface area contributed by atoms with E-state index in [1.54, 1.807) is 6.07 Å². The van der Waals surface area contributed by atoms with Crippen molar-refractivity contribution in [1.29, 1.82) is 0 Å². The standard InChI is InChI=1S/C18H17F3N4O3/c19-13-5-6-25(18(27)28)15(13)17(26)22-8-12-7-14(24-9-23-12)10-1-3-11(4-2-10)16(20)21/h1-4,7,9,13,15-16H,5-6,8H2,(H,22,26)(H,27,28)/t13-,15-/m0/s1. The Hall–Kier alpha value is -3.17. The Labute approximate surface area is 158 Å². The van der Waals surface area contributed by atoms with Crippen molar-refractivity contribution in [2.75, 3.05) is 6.54 Å². The van der Waals surface area contributed by atoms with Gasteiger partial charge in [0.2, 0.25) is 5.91 Å². The van der Waals surface area contributed by atoms with E-state index in [9.17, 15) is 22.8 Å². The number of hydrogen-bond acceptors (Lipinski definition) is 4. The molecule has 2 heterocycles. The van der Waals surface area contributed by atoms with Gasteiger partial charge in [-0.1, -0.05) is 24.3 Å². The summed E-state index contributed by atoms with van der Waals surface area (Å²) >= 11 is 0. The number of carbonyl (C=O) groups excluding carboxylic acids is 1. The first kappa shape index (κ1) is 19.6. The summed E-state index contributed by atoms with van der Waals surface area (Å²) in [4.78, 5) is 32.2. The maximum absolute atomic E-state index is 13.9. The van der Waals surface area contributed by atoms with Gasteiger partial charge in [0.05, 0.1) is 17.9 Å². The van der Waals surface area contributed by atoms with Crippen molar-refractivity contribution in [2.24, 2.45) is 0 Å². The molecule has 0 saturated carbocycles. The fourth-order valence-corrected chi connectivity index (χ4v) is 3.01. The van der Waals surface area contributed by atoms with Gasteiger partial charge in [-0.15, -0.1) is 0 Å². The second-order valence-electron chi connectivity index (χ2n) is 6.26. The molecule has 10 heteroatoms. The van der Waals surface area contributed by atoms with Gasteiger partial charge in [-0.25, -0.2) is 27.9 Å². The van der Waals surface area contributed by atoms with Crippen LogP contribution in [0.25, 0.3) is 11.3 Å². The summed E-state index contributed by atoms with van der Waals surface area (Å²) in [5.74, 6) is -0.742. The van der Waals surface area contributed by atoms with Gasteiger partial charge >= 0.3 is 6.09 Å². The van der Waals surface area contributed by atoms with Crippen LogP contribution in [0.5, 0.6) is 0 Å². The maximum atomic E-state index is 13.9. The first-order valence-corrected chi connectivity index (χ1v) is 8.47. The smallest absolute Gasteiger partial charge is 0.408 e. The quantitative estimate of drug-likeness (QED) is 0.813. The zero-order valence-corrected chi connectivity index (χ0v) is 14.6. The molecule has 148 valence electrons. The molecule has 2 atom stereocenters. The number of halogens is 3. The number of benzene rings is 1. The lowest BCUT2D eigenvalue weighted by molar-refractivity contribution is -0.126. The fourth-order valence-electron chi connectivity index (χ4n) is 3.01. The number of rotatable bonds is 5. The lowest BCUT2D eigenvalue weighted by Crippen LogP contribution is -2.48. The first-order valence-electron chi connectivity index (χ1n) is 8.47. The van der Waals surface area contributed by atoms with Crippen LogP contribution in [0.1, 0.15) is 24.1 Å². The molecule has 1 fully saturated rings. The summed E-state index contributed by atoms with van der Waals surface area (Å²) in [5, 5.41) is 11.5. The van der Waals surface area contributed by atoms with Gasteiger partial charge in [0.15, 0.2) is 0 Å². The molecule has 0 aliphatic carbocycles. The highest BCUT2D eigenvalue weighted by molar-refractivity contribution is 5.86. The lowest BCUT2D eigenvalue weighted by Gasteiger charge is -2.21. The predicted octanol–water partition coefficient (Wildman–Crippen LogP) is 2.79. The third-order valence-corrected chi connectivity index (χ3v) is 4.46. The third-order valence-electron chi connectivity index (χ3n) is 4.46. The van der Waals surface area contributed by atoms with Crippen LogP contribution in [0.3, 0.4) is 0 Å². The number of nitrogens with zero attached hydrogens (tertiary/aromatic N) is 3. The molecule has 2 amide bonds. The van der Waals surface area contributed by atoms with Crippen molar-refractivity contribution in [2.45, 2.75) is 31.6 Å². The van der Waals surface area contributed by atoms with Crippen molar-refractivity contribution < 1.29 is 27.9 Å². The van der Waals surface area contributed by atoms with Crippen molar-refractivity contribution in [3.8, 4) is 11.3 Å². The molecule has 28 heavy (non-hydrogen) atoms. The van der Waals surface area contributed by atoms with Gasteiger partial charge in [0, 0.05) is 17.7 Å². The van der Waals surface area contributed by atoms with Crippen molar-refractivity contribution in [3.63, 3.8) is 0 Å². The van der Waals surface area contributed by atoms with E-state index in [0.717, 1.165) is 4.90 Å². The van der Waals surface area contributed by atoms with Crippen LogP contribution < -0.4 is 5.32 Å². The van der Waals surface area contributed by atoms with Crippen LogP contribution in [-0.4, -0.2) is 50.7 Å². The number of carboxylic acid groups (broad SMARTS) is 1. The number of carbonyl (C=O) groups is 2. The monoisotopic (exact) mass is 394 g/mol. The van der Waals surface area contributed by atoms with Gasteiger partial charge in [-0.2, -0.15) is 0 Å². The molecule has 2 aromatic rings. The van der Waals surface area contributed by atoms with Crippen molar-refractivity contribution in [3.05, 3.63) is 47.9 Å². The minimum Gasteiger partial charge on any atom is -0.465 e. The average Bonchev–Trinajstić information content (AvgIpc) is 3.08. The molecule has 1 aliphatic rings. The molecule has 1 aliphatic heterocycles. The maximum Gasteiger partial charge on any atom is 0.408 e. The van der Waals surface area contributed by atoms with Gasteiger partial charge < -0.3 is 10.4 Å². The van der Waals surface area contributed by atoms with E-state index < -0.39 is 30.6 Å². The highest BCUT2D eigenvalue weighted by Gasteiger charge is 2.42. The fraction of sp³-hybridized carbons (Fsp3) is 0.333. The number of alkyl halides is 3. The number of hydrogen-bond donors (Lipinski definition) is 2. The molecule has 2 N–H and O–H groups in total. The zero-order chi connectivity index (χ0) is 20.3. The van der Waals surface area contributed by atoms with Gasteiger partial charge in [0.1, 0.15) is 18.5 Å². The third kappa shape index (κ3) is 4.21. The molecule has 0 bridgehead atoms. The van der Waals surface area contributed by atoms with E-state index in [1.165, 1.54) is 30.6 Å². The van der Waals surface area contributed by atoms with Gasteiger partial charge in [0.25, 0.3) is 6.43 Å². The van der Waals surface area contributed by atoms with E-state index in [0.29, 0.717) is 17.0 Å². The molecule has 7 nitrogen and oxygen atoms in total. The molecule has 1 aromatic heterocycles. The SMILES string of the molecule is O=C(NCc1cc(-c2ccc(C(F)F)cc2)ncn1)[C@@H]1[C@@H](F)CCN1C(=O)O. The van der Waals surface area contributed by atoms with Gasteiger partial charge in [-0.3, -0.25) is 9.69 Å².